The first kappa shape index (κ1) is 32.2. The molecule has 48 heavy (non-hydrogen) atoms. The normalized spacial score (nSPS) is 15.8. The van der Waals surface area contributed by atoms with Crippen LogP contribution in [-0.4, -0.2) is 59.2 Å². The molecule has 2 N–H and O–H groups in total. The van der Waals surface area contributed by atoms with Crippen molar-refractivity contribution in [1.82, 2.24) is 10.2 Å². The van der Waals surface area contributed by atoms with Crippen molar-refractivity contribution in [2.75, 3.05) is 29.4 Å². The van der Waals surface area contributed by atoms with Gasteiger partial charge in [-0.3, -0.25) is 14.4 Å². The highest BCUT2D eigenvalue weighted by Crippen LogP contribution is 2.35. The van der Waals surface area contributed by atoms with Crippen molar-refractivity contribution in [1.29, 1.82) is 0 Å². The molecule has 2 heterocycles. The second-order valence-electron chi connectivity index (χ2n) is 11.5. The number of anilines is 2. The molecule has 4 amide bonds. The lowest BCUT2D eigenvalue weighted by Gasteiger charge is -2.38. The lowest BCUT2D eigenvalue weighted by molar-refractivity contribution is -0.133. The Morgan fingerprint density at radius 1 is 0.854 bits per heavy atom. The van der Waals surface area contributed by atoms with Gasteiger partial charge in [0.25, 0.3) is 11.8 Å². The Morgan fingerprint density at radius 3 is 2.12 bits per heavy atom. The highest BCUT2D eigenvalue weighted by atomic mass is 35.5. The summed E-state index contributed by atoms with van der Waals surface area (Å²) in [6.07, 6.45) is 0.414. The number of aliphatic carboxylic acids is 1. The maximum Gasteiger partial charge on any atom is 0.335 e. The molecule has 10 nitrogen and oxygen atoms in total. The number of hydrogen-bond donors (Lipinski definition) is 2. The number of ketones is 1. The SMILES string of the molecule is CC1=C(C(=O)O)C(c2cccc(Cl)c2)N(CCCN(CC(=O)c2ccc(N3C(=O)c4ccccc4C3=O)cc2)c2ccccc2)C(=O)N1. The third-order valence-corrected chi connectivity index (χ3v) is 8.70. The largest absolute Gasteiger partial charge is 0.478 e. The van der Waals surface area contributed by atoms with Crippen molar-refractivity contribution in [2.45, 2.75) is 19.4 Å². The third kappa shape index (κ3) is 6.30. The van der Waals surface area contributed by atoms with E-state index in [1.165, 1.54) is 4.90 Å². The van der Waals surface area contributed by atoms with Crippen LogP contribution in [0.25, 0.3) is 0 Å². The van der Waals surface area contributed by atoms with Gasteiger partial charge in [0.2, 0.25) is 0 Å². The first-order chi connectivity index (χ1) is 23.1. The predicted molar refractivity (Wildman–Crippen MR) is 181 cm³/mol. The molecule has 0 aromatic heterocycles. The van der Waals surface area contributed by atoms with E-state index in [1.54, 1.807) is 79.7 Å². The fraction of sp³-hybridized carbons (Fsp3) is 0.162. The molecule has 4 aromatic carbocycles. The Morgan fingerprint density at radius 2 is 1.50 bits per heavy atom. The summed E-state index contributed by atoms with van der Waals surface area (Å²) >= 11 is 6.24. The zero-order valence-corrected chi connectivity index (χ0v) is 26.7. The topological polar surface area (TPSA) is 127 Å². The van der Waals surface area contributed by atoms with Crippen LogP contribution >= 0.6 is 11.6 Å². The highest BCUT2D eigenvalue weighted by molar-refractivity contribution is 6.34. The molecule has 0 spiro atoms. The van der Waals surface area contributed by atoms with Gasteiger partial charge in [0.1, 0.15) is 0 Å². The van der Waals surface area contributed by atoms with Gasteiger partial charge in [0.05, 0.1) is 35.0 Å². The molecule has 4 aromatic rings. The number of hydrogen-bond acceptors (Lipinski definition) is 6. The van der Waals surface area contributed by atoms with Gasteiger partial charge >= 0.3 is 12.0 Å². The molecule has 242 valence electrons. The molecule has 0 aliphatic carbocycles. The summed E-state index contributed by atoms with van der Waals surface area (Å²) in [4.78, 5) is 69.4. The van der Waals surface area contributed by atoms with Crippen LogP contribution in [0.4, 0.5) is 16.2 Å². The molecular weight excluding hydrogens is 632 g/mol. The number of rotatable bonds is 11. The lowest BCUT2D eigenvalue weighted by Crippen LogP contribution is -2.49. The molecular formula is C37H31ClN4O6. The van der Waals surface area contributed by atoms with E-state index in [0.717, 1.165) is 10.6 Å². The fourth-order valence-electron chi connectivity index (χ4n) is 6.16. The molecule has 2 aliphatic rings. The predicted octanol–water partition coefficient (Wildman–Crippen LogP) is 6.35. The minimum absolute atomic E-state index is 0.0136. The van der Waals surface area contributed by atoms with Crippen LogP contribution in [0.3, 0.4) is 0 Å². The van der Waals surface area contributed by atoms with E-state index >= 15 is 0 Å². The van der Waals surface area contributed by atoms with Crippen molar-refractivity contribution in [3.05, 3.63) is 142 Å². The van der Waals surface area contributed by atoms with E-state index < -0.39 is 29.9 Å². The molecule has 0 bridgehead atoms. The maximum atomic E-state index is 13.6. The lowest BCUT2D eigenvalue weighted by atomic mass is 9.93. The number of allylic oxidation sites excluding steroid dienone is 1. The summed E-state index contributed by atoms with van der Waals surface area (Å²) in [7, 11) is 0. The number of carboxylic acid groups (broad SMARTS) is 1. The summed E-state index contributed by atoms with van der Waals surface area (Å²) in [5, 5.41) is 13.2. The quantitative estimate of drug-likeness (QED) is 0.142. The van der Waals surface area contributed by atoms with Gasteiger partial charge in [-0.05, 0) is 79.6 Å². The number of halogens is 1. The van der Waals surface area contributed by atoms with Crippen molar-refractivity contribution in [2.24, 2.45) is 0 Å². The summed E-state index contributed by atoms with van der Waals surface area (Å²) in [5.74, 6) is -2.16. The van der Waals surface area contributed by atoms with Gasteiger partial charge in [-0.25, -0.2) is 14.5 Å². The standard InChI is InChI=1S/C37H31ClN4O6/c1-23-32(36(46)47)33(25-9-7-10-26(38)21-25)41(37(48)39-23)20-8-19-40(27-11-3-2-4-12-27)22-31(43)24-15-17-28(18-16-24)42-34(44)29-13-5-6-14-30(29)35(42)45/h2-7,9-18,21,33H,8,19-20,22H2,1H3,(H,39,48)(H,46,47). The average molecular weight is 663 g/mol. The average Bonchev–Trinajstić information content (AvgIpc) is 3.34. The number of nitrogens with one attached hydrogen (secondary N) is 1. The molecule has 11 heteroatoms. The van der Waals surface area contributed by atoms with E-state index in [4.69, 9.17) is 11.6 Å². The van der Waals surface area contributed by atoms with E-state index in [1.807, 2.05) is 35.2 Å². The number of imide groups is 1. The van der Waals surface area contributed by atoms with Crippen LogP contribution in [0.15, 0.2) is 114 Å². The third-order valence-electron chi connectivity index (χ3n) is 8.46. The molecule has 0 saturated carbocycles. The molecule has 0 radical (unpaired) electrons. The van der Waals surface area contributed by atoms with Gasteiger partial charge in [0, 0.05) is 35.1 Å². The van der Waals surface area contributed by atoms with Gasteiger partial charge in [-0.15, -0.1) is 0 Å². The van der Waals surface area contributed by atoms with Gasteiger partial charge in [-0.1, -0.05) is 54.1 Å². The first-order valence-corrected chi connectivity index (χ1v) is 15.7. The van der Waals surface area contributed by atoms with Crippen molar-refractivity contribution in [3.63, 3.8) is 0 Å². The zero-order chi connectivity index (χ0) is 33.9. The van der Waals surface area contributed by atoms with Crippen LogP contribution in [0.2, 0.25) is 5.02 Å². The number of nitrogens with zero attached hydrogens (tertiary/aromatic N) is 3. The van der Waals surface area contributed by atoms with Gasteiger partial charge < -0.3 is 20.2 Å². The number of carbonyl (C=O) groups excluding carboxylic acids is 4. The Kier molecular flexibility index (Phi) is 9.09. The molecule has 2 aliphatic heterocycles. The molecule has 6 rings (SSSR count). The summed E-state index contributed by atoms with van der Waals surface area (Å²) in [6.45, 7) is 2.14. The van der Waals surface area contributed by atoms with E-state index in [0.29, 0.717) is 45.9 Å². The summed E-state index contributed by atoms with van der Waals surface area (Å²) < 4.78 is 0. The minimum Gasteiger partial charge on any atom is -0.478 e. The number of amides is 4. The second-order valence-corrected chi connectivity index (χ2v) is 11.9. The summed E-state index contributed by atoms with van der Waals surface area (Å²) in [5.41, 5.74) is 3.14. The second kappa shape index (κ2) is 13.5. The van der Waals surface area contributed by atoms with E-state index in [2.05, 4.69) is 5.32 Å². The zero-order valence-electron chi connectivity index (χ0n) is 25.9. The van der Waals surface area contributed by atoms with E-state index in [-0.39, 0.29) is 30.1 Å². The smallest absolute Gasteiger partial charge is 0.335 e. The number of carbonyl (C=O) groups is 5. The molecule has 1 unspecified atom stereocenters. The molecule has 1 atom stereocenters. The van der Waals surface area contributed by atoms with Crippen LogP contribution in [-0.2, 0) is 4.79 Å². The highest BCUT2D eigenvalue weighted by Gasteiger charge is 2.38. The van der Waals surface area contributed by atoms with E-state index in [9.17, 15) is 29.1 Å². The van der Waals surface area contributed by atoms with Gasteiger partial charge in [0.15, 0.2) is 5.78 Å². The maximum absolute atomic E-state index is 13.6. The van der Waals surface area contributed by atoms with Crippen LogP contribution in [0.5, 0.6) is 0 Å². The Labute approximate surface area is 281 Å². The number of fused-ring (bicyclic) bond motifs is 1. The summed E-state index contributed by atoms with van der Waals surface area (Å²) in [6, 6.07) is 27.9. The molecule has 0 saturated heterocycles. The molecule has 0 fully saturated rings. The first-order valence-electron chi connectivity index (χ1n) is 15.3. The number of benzene rings is 4. The monoisotopic (exact) mass is 662 g/mol. The van der Waals surface area contributed by atoms with Crippen molar-refractivity contribution in [3.8, 4) is 0 Å². The van der Waals surface area contributed by atoms with Crippen molar-refractivity contribution >= 4 is 52.6 Å². The van der Waals surface area contributed by atoms with Crippen LogP contribution in [0, 0.1) is 0 Å². The van der Waals surface area contributed by atoms with Gasteiger partial charge in [-0.2, -0.15) is 0 Å². The van der Waals surface area contributed by atoms with Crippen LogP contribution in [0.1, 0.15) is 56.0 Å². The number of carboxylic acids is 1. The van der Waals surface area contributed by atoms with Crippen molar-refractivity contribution < 1.29 is 29.1 Å². The Hall–Kier alpha value is -5.74. The fourth-order valence-corrected chi connectivity index (χ4v) is 6.36. The van der Waals surface area contributed by atoms with Crippen LogP contribution < -0.4 is 15.1 Å². The number of urea groups is 1. The number of Topliss-reactive ketones (excluding diaryl/α,β-unsaturated/α-hetero) is 1. The number of para-hydroxylation sites is 1. The Balaban J connectivity index is 1.18. The minimum atomic E-state index is -1.15. The Bertz CT molecular complexity index is 1930.